The normalized spacial score (nSPS) is 11.9. The Bertz CT molecular complexity index is 905. The molecule has 0 saturated carbocycles. The van der Waals surface area contributed by atoms with Crippen molar-refractivity contribution in [3.8, 4) is 0 Å². The van der Waals surface area contributed by atoms with Crippen molar-refractivity contribution in [1.82, 2.24) is 19.9 Å². The molecule has 3 aromatic rings. The van der Waals surface area contributed by atoms with Crippen molar-refractivity contribution in [2.75, 3.05) is 12.3 Å². The number of thioether (sulfide) groups is 1. The Balaban J connectivity index is 1.62. The zero-order valence-electron chi connectivity index (χ0n) is 12.5. The Kier molecular flexibility index (Phi) is 4.65. The third kappa shape index (κ3) is 3.72. The van der Waals surface area contributed by atoms with Crippen LogP contribution in [-0.4, -0.2) is 35.9 Å². The maximum absolute atomic E-state index is 12.3. The molecule has 0 unspecified atom stereocenters. The summed E-state index contributed by atoms with van der Waals surface area (Å²) in [5.74, 6) is 0.645. The van der Waals surface area contributed by atoms with E-state index in [9.17, 15) is 8.42 Å². The Hall–Kier alpha value is -1.90. The van der Waals surface area contributed by atoms with E-state index in [0.717, 1.165) is 4.90 Å². The standard InChI is InChI=1S/C15H16N4O2S2/c1-11-4-6-12(7-5-11)22-10-9-17-23(20,21)15-13-3-2-8-16-14(13)18-19-15/h2-8,17H,9-10H2,1H3,(H,16,18,19). The summed E-state index contributed by atoms with van der Waals surface area (Å²) >= 11 is 1.61. The van der Waals surface area contributed by atoms with Gasteiger partial charge in [-0.2, -0.15) is 5.10 Å². The van der Waals surface area contributed by atoms with Crippen LogP contribution < -0.4 is 4.72 Å². The summed E-state index contributed by atoms with van der Waals surface area (Å²) in [6.07, 6.45) is 1.57. The molecule has 0 bridgehead atoms. The number of hydrogen-bond donors (Lipinski definition) is 2. The van der Waals surface area contributed by atoms with E-state index in [4.69, 9.17) is 0 Å². The maximum atomic E-state index is 12.3. The highest BCUT2D eigenvalue weighted by Crippen LogP contribution is 2.19. The minimum atomic E-state index is -3.63. The topological polar surface area (TPSA) is 87.7 Å². The molecule has 0 atom stereocenters. The van der Waals surface area contributed by atoms with Crippen molar-refractivity contribution >= 4 is 32.8 Å². The monoisotopic (exact) mass is 348 g/mol. The number of pyridine rings is 1. The minimum Gasteiger partial charge on any atom is -0.263 e. The van der Waals surface area contributed by atoms with Crippen LogP contribution in [0.2, 0.25) is 0 Å². The van der Waals surface area contributed by atoms with Gasteiger partial charge in [0.05, 0.1) is 5.39 Å². The van der Waals surface area contributed by atoms with Crippen LogP contribution >= 0.6 is 11.8 Å². The van der Waals surface area contributed by atoms with E-state index in [1.165, 1.54) is 5.56 Å². The molecule has 0 radical (unpaired) electrons. The first-order valence-electron chi connectivity index (χ1n) is 7.04. The third-order valence-corrected chi connectivity index (χ3v) is 5.69. The number of nitrogens with zero attached hydrogens (tertiary/aromatic N) is 2. The summed E-state index contributed by atoms with van der Waals surface area (Å²) in [4.78, 5) is 5.14. The van der Waals surface area contributed by atoms with Crippen molar-refractivity contribution in [2.45, 2.75) is 16.8 Å². The molecule has 8 heteroatoms. The molecule has 0 aliphatic carbocycles. The smallest absolute Gasteiger partial charge is 0.258 e. The molecule has 0 aliphatic rings. The lowest BCUT2D eigenvalue weighted by Crippen LogP contribution is -2.26. The van der Waals surface area contributed by atoms with E-state index in [2.05, 4.69) is 19.9 Å². The summed E-state index contributed by atoms with van der Waals surface area (Å²) in [7, 11) is -3.63. The number of benzene rings is 1. The number of hydrogen-bond acceptors (Lipinski definition) is 5. The van der Waals surface area contributed by atoms with Crippen molar-refractivity contribution in [3.05, 3.63) is 48.2 Å². The SMILES string of the molecule is Cc1ccc(SCCNS(=O)(=O)c2[nH]nc3ncccc23)cc1. The largest absolute Gasteiger partial charge is 0.263 e. The van der Waals surface area contributed by atoms with Crippen molar-refractivity contribution in [2.24, 2.45) is 0 Å². The average Bonchev–Trinajstić information content (AvgIpc) is 2.98. The molecule has 0 amide bonds. The number of H-pyrrole nitrogens is 1. The van der Waals surface area contributed by atoms with Gasteiger partial charge in [0, 0.05) is 23.4 Å². The van der Waals surface area contributed by atoms with Crippen molar-refractivity contribution < 1.29 is 8.42 Å². The number of fused-ring (bicyclic) bond motifs is 1. The molecule has 2 aromatic heterocycles. The molecule has 0 aliphatic heterocycles. The summed E-state index contributed by atoms with van der Waals surface area (Å²) in [6.45, 7) is 2.37. The van der Waals surface area contributed by atoms with Gasteiger partial charge in [-0.05, 0) is 31.2 Å². The second kappa shape index (κ2) is 6.69. The lowest BCUT2D eigenvalue weighted by atomic mass is 10.2. The van der Waals surface area contributed by atoms with Crippen LogP contribution in [0.25, 0.3) is 11.0 Å². The lowest BCUT2D eigenvalue weighted by Gasteiger charge is -2.05. The molecule has 2 heterocycles. The van der Waals surface area contributed by atoms with Crippen LogP contribution in [0.1, 0.15) is 5.56 Å². The Morgan fingerprint density at radius 1 is 1.22 bits per heavy atom. The molecular formula is C15H16N4O2S2. The number of rotatable bonds is 6. The number of aryl methyl sites for hydroxylation is 1. The lowest BCUT2D eigenvalue weighted by molar-refractivity contribution is 0.581. The predicted molar refractivity (Wildman–Crippen MR) is 91.0 cm³/mol. The minimum absolute atomic E-state index is 0.0564. The molecule has 2 N–H and O–H groups in total. The van der Waals surface area contributed by atoms with Crippen LogP contribution in [0.4, 0.5) is 0 Å². The summed E-state index contributed by atoms with van der Waals surface area (Å²) in [5, 5.41) is 7.01. The fourth-order valence-electron chi connectivity index (χ4n) is 2.08. The maximum Gasteiger partial charge on any atom is 0.258 e. The fourth-order valence-corrected chi connectivity index (χ4v) is 4.11. The Labute approximate surface area is 138 Å². The highest BCUT2D eigenvalue weighted by molar-refractivity contribution is 7.99. The number of sulfonamides is 1. The number of nitrogens with one attached hydrogen (secondary N) is 2. The highest BCUT2D eigenvalue weighted by Gasteiger charge is 2.19. The molecule has 6 nitrogen and oxygen atoms in total. The first kappa shape index (κ1) is 16.0. The van der Waals surface area contributed by atoms with Gasteiger partial charge in [0.15, 0.2) is 10.7 Å². The van der Waals surface area contributed by atoms with Crippen LogP contribution in [-0.2, 0) is 10.0 Å². The van der Waals surface area contributed by atoms with E-state index in [0.29, 0.717) is 23.3 Å². The molecule has 1 aromatic carbocycles. The molecule has 3 rings (SSSR count). The van der Waals surface area contributed by atoms with Gasteiger partial charge in [-0.3, -0.25) is 5.10 Å². The quantitative estimate of drug-likeness (QED) is 0.527. The van der Waals surface area contributed by atoms with Gasteiger partial charge in [-0.1, -0.05) is 17.7 Å². The number of aromatic amines is 1. The van der Waals surface area contributed by atoms with Crippen LogP contribution in [0.5, 0.6) is 0 Å². The molecule has 23 heavy (non-hydrogen) atoms. The van der Waals surface area contributed by atoms with Gasteiger partial charge in [-0.15, -0.1) is 11.8 Å². The second-order valence-electron chi connectivity index (χ2n) is 4.99. The van der Waals surface area contributed by atoms with Crippen molar-refractivity contribution in [3.63, 3.8) is 0 Å². The summed E-state index contributed by atoms with van der Waals surface area (Å²) in [6, 6.07) is 11.5. The number of aromatic nitrogens is 3. The Morgan fingerprint density at radius 2 is 2.00 bits per heavy atom. The highest BCUT2D eigenvalue weighted by atomic mass is 32.2. The van der Waals surface area contributed by atoms with Gasteiger partial charge in [-0.25, -0.2) is 18.1 Å². The van der Waals surface area contributed by atoms with Gasteiger partial charge in [0.1, 0.15) is 0 Å². The third-order valence-electron chi connectivity index (χ3n) is 3.25. The summed E-state index contributed by atoms with van der Waals surface area (Å²) < 4.78 is 27.3. The molecular weight excluding hydrogens is 332 g/mol. The summed E-state index contributed by atoms with van der Waals surface area (Å²) in [5.41, 5.74) is 1.59. The first-order valence-corrected chi connectivity index (χ1v) is 9.51. The van der Waals surface area contributed by atoms with Crippen LogP contribution in [0.3, 0.4) is 0 Å². The van der Waals surface area contributed by atoms with Gasteiger partial charge < -0.3 is 0 Å². The van der Waals surface area contributed by atoms with Crippen molar-refractivity contribution in [1.29, 1.82) is 0 Å². The van der Waals surface area contributed by atoms with E-state index in [1.807, 2.05) is 31.2 Å². The predicted octanol–water partition coefficient (Wildman–Crippen LogP) is 2.34. The zero-order chi connectivity index (χ0) is 16.3. The van der Waals surface area contributed by atoms with E-state index < -0.39 is 10.0 Å². The second-order valence-corrected chi connectivity index (χ2v) is 7.86. The van der Waals surface area contributed by atoms with Gasteiger partial charge in [0.2, 0.25) is 0 Å². The average molecular weight is 348 g/mol. The van der Waals surface area contributed by atoms with E-state index in [1.54, 1.807) is 30.1 Å². The zero-order valence-corrected chi connectivity index (χ0v) is 14.1. The molecule has 120 valence electrons. The van der Waals surface area contributed by atoms with E-state index in [-0.39, 0.29) is 5.03 Å². The van der Waals surface area contributed by atoms with Crippen LogP contribution in [0, 0.1) is 6.92 Å². The fraction of sp³-hybridized carbons (Fsp3) is 0.200. The molecule has 0 spiro atoms. The van der Waals surface area contributed by atoms with E-state index >= 15 is 0 Å². The van der Waals surface area contributed by atoms with Gasteiger partial charge >= 0.3 is 0 Å². The first-order chi connectivity index (χ1) is 11.1. The molecule has 0 saturated heterocycles. The van der Waals surface area contributed by atoms with Gasteiger partial charge in [0.25, 0.3) is 10.0 Å². The molecule has 0 fully saturated rings. The Morgan fingerprint density at radius 3 is 2.78 bits per heavy atom. The van der Waals surface area contributed by atoms with Crippen LogP contribution in [0.15, 0.2) is 52.5 Å².